The number of aromatic amines is 1. The third-order valence-corrected chi connectivity index (χ3v) is 5.35. The van der Waals surface area contributed by atoms with Crippen molar-refractivity contribution >= 4 is 32.8 Å². The molecule has 0 aliphatic rings. The fourth-order valence-electron chi connectivity index (χ4n) is 4.10. The molecule has 6 aromatic rings. The molecule has 0 bridgehead atoms. The predicted octanol–water partition coefficient (Wildman–Crippen LogP) is 6.33. The summed E-state index contributed by atoms with van der Waals surface area (Å²) in [6, 6.07) is 33.7. The number of nitrogens with one attached hydrogen (secondary N) is 1. The predicted molar refractivity (Wildman–Crippen MR) is 116 cm³/mol. The molecule has 4 aromatic carbocycles. The minimum Gasteiger partial charge on any atom is -0.338 e. The average Bonchev–Trinajstić information content (AvgIpc) is 3.34. The van der Waals surface area contributed by atoms with Gasteiger partial charge >= 0.3 is 0 Å². The van der Waals surface area contributed by atoms with Gasteiger partial charge in [-0.25, -0.2) is 4.98 Å². The van der Waals surface area contributed by atoms with Crippen LogP contribution in [0.15, 0.2) is 97.1 Å². The third-order valence-electron chi connectivity index (χ3n) is 5.35. The van der Waals surface area contributed by atoms with Crippen LogP contribution in [-0.2, 0) is 0 Å². The monoisotopic (exact) mass is 359 g/mol. The summed E-state index contributed by atoms with van der Waals surface area (Å²) in [6.07, 6.45) is 0. The van der Waals surface area contributed by atoms with Crippen LogP contribution < -0.4 is 0 Å². The first-order valence-corrected chi connectivity index (χ1v) is 9.43. The lowest BCUT2D eigenvalue weighted by Crippen LogP contribution is -1.93. The number of hydrogen-bond acceptors (Lipinski definition) is 1. The van der Waals surface area contributed by atoms with Gasteiger partial charge in [0.05, 0.1) is 16.6 Å². The summed E-state index contributed by atoms with van der Waals surface area (Å²) < 4.78 is 2.32. The van der Waals surface area contributed by atoms with Gasteiger partial charge in [-0.15, -0.1) is 0 Å². The Morgan fingerprint density at radius 3 is 2.18 bits per heavy atom. The van der Waals surface area contributed by atoms with E-state index in [2.05, 4.69) is 88.4 Å². The van der Waals surface area contributed by atoms with Gasteiger partial charge in [-0.3, -0.25) is 0 Å². The molecule has 0 aliphatic carbocycles. The standard InChI is InChI=1S/C25H17N3/c1-3-9-17(10-4-1)25-26-21-16-15-20-19-13-7-8-14-22(19)28(24(20)23(21)27-25)18-11-5-2-6-12-18/h1-16H,(H,26,27). The molecule has 3 nitrogen and oxygen atoms in total. The first kappa shape index (κ1) is 15.2. The van der Waals surface area contributed by atoms with Crippen molar-refractivity contribution in [2.75, 3.05) is 0 Å². The Balaban J connectivity index is 1.78. The van der Waals surface area contributed by atoms with Gasteiger partial charge in [0.25, 0.3) is 0 Å². The Hall–Kier alpha value is -3.85. The zero-order chi connectivity index (χ0) is 18.5. The van der Waals surface area contributed by atoms with Crippen LogP contribution in [0, 0.1) is 0 Å². The maximum Gasteiger partial charge on any atom is 0.138 e. The summed E-state index contributed by atoms with van der Waals surface area (Å²) >= 11 is 0. The van der Waals surface area contributed by atoms with E-state index in [1.807, 2.05) is 18.2 Å². The molecule has 6 rings (SSSR count). The van der Waals surface area contributed by atoms with Crippen molar-refractivity contribution in [2.45, 2.75) is 0 Å². The zero-order valence-corrected chi connectivity index (χ0v) is 15.1. The molecule has 0 amide bonds. The molecule has 0 spiro atoms. The molecule has 0 fully saturated rings. The van der Waals surface area contributed by atoms with Gasteiger partial charge < -0.3 is 9.55 Å². The average molecular weight is 359 g/mol. The Morgan fingerprint density at radius 2 is 1.36 bits per heavy atom. The number of imidazole rings is 1. The maximum absolute atomic E-state index is 5.02. The fraction of sp³-hybridized carbons (Fsp3) is 0. The second-order valence-electron chi connectivity index (χ2n) is 7.00. The zero-order valence-electron chi connectivity index (χ0n) is 15.1. The Kier molecular flexibility index (Phi) is 3.17. The number of para-hydroxylation sites is 2. The highest BCUT2D eigenvalue weighted by molar-refractivity contribution is 6.17. The Morgan fingerprint density at radius 1 is 0.643 bits per heavy atom. The molecular formula is C25H17N3. The number of H-pyrrole nitrogens is 1. The molecule has 0 radical (unpaired) electrons. The molecule has 0 unspecified atom stereocenters. The van der Waals surface area contributed by atoms with Crippen molar-refractivity contribution in [3.8, 4) is 17.1 Å². The number of nitrogens with zero attached hydrogens (tertiary/aromatic N) is 2. The van der Waals surface area contributed by atoms with Crippen molar-refractivity contribution in [3.63, 3.8) is 0 Å². The molecular weight excluding hydrogens is 342 g/mol. The number of benzene rings is 4. The number of aromatic nitrogens is 3. The van der Waals surface area contributed by atoms with Crippen LogP contribution >= 0.6 is 0 Å². The van der Waals surface area contributed by atoms with Crippen LogP contribution in [0.3, 0.4) is 0 Å². The van der Waals surface area contributed by atoms with E-state index in [4.69, 9.17) is 4.98 Å². The number of fused-ring (bicyclic) bond motifs is 5. The minimum absolute atomic E-state index is 0.896. The molecule has 132 valence electrons. The Labute approximate surface area is 161 Å². The quantitative estimate of drug-likeness (QED) is 0.385. The van der Waals surface area contributed by atoms with Crippen LogP contribution in [0.4, 0.5) is 0 Å². The summed E-state index contributed by atoms with van der Waals surface area (Å²) in [4.78, 5) is 8.52. The molecule has 0 aliphatic heterocycles. The molecule has 28 heavy (non-hydrogen) atoms. The van der Waals surface area contributed by atoms with Gasteiger partial charge in [0.15, 0.2) is 0 Å². The largest absolute Gasteiger partial charge is 0.338 e. The normalized spacial score (nSPS) is 11.6. The molecule has 2 heterocycles. The SMILES string of the molecule is c1ccc(-c2nc3c(ccc4c5ccccc5n(-c5ccccc5)c43)[nH]2)cc1. The molecule has 3 heteroatoms. The lowest BCUT2D eigenvalue weighted by Gasteiger charge is -2.07. The highest BCUT2D eigenvalue weighted by Crippen LogP contribution is 2.36. The van der Waals surface area contributed by atoms with Gasteiger partial charge in [0.1, 0.15) is 11.3 Å². The molecule has 0 saturated carbocycles. The van der Waals surface area contributed by atoms with Gasteiger partial charge in [-0.2, -0.15) is 0 Å². The van der Waals surface area contributed by atoms with Crippen LogP contribution in [0.1, 0.15) is 0 Å². The second-order valence-corrected chi connectivity index (χ2v) is 7.00. The summed E-state index contributed by atoms with van der Waals surface area (Å²) in [5, 5.41) is 2.46. The van der Waals surface area contributed by atoms with Gasteiger partial charge in [0.2, 0.25) is 0 Å². The summed E-state index contributed by atoms with van der Waals surface area (Å²) in [6.45, 7) is 0. The van der Waals surface area contributed by atoms with E-state index in [1.54, 1.807) is 0 Å². The van der Waals surface area contributed by atoms with E-state index in [0.717, 1.165) is 33.6 Å². The highest BCUT2D eigenvalue weighted by Gasteiger charge is 2.17. The topological polar surface area (TPSA) is 33.6 Å². The van der Waals surface area contributed by atoms with E-state index in [-0.39, 0.29) is 0 Å². The van der Waals surface area contributed by atoms with Crippen molar-refractivity contribution in [3.05, 3.63) is 97.1 Å². The van der Waals surface area contributed by atoms with Crippen molar-refractivity contribution in [1.82, 2.24) is 14.5 Å². The van der Waals surface area contributed by atoms with Gasteiger partial charge in [-0.1, -0.05) is 66.7 Å². The fourth-order valence-corrected chi connectivity index (χ4v) is 4.10. The van der Waals surface area contributed by atoms with Crippen LogP contribution in [0.5, 0.6) is 0 Å². The van der Waals surface area contributed by atoms with E-state index in [1.165, 1.54) is 16.3 Å². The highest BCUT2D eigenvalue weighted by atomic mass is 15.0. The third kappa shape index (κ3) is 2.13. The first-order valence-electron chi connectivity index (χ1n) is 9.43. The molecule has 0 atom stereocenters. The van der Waals surface area contributed by atoms with Crippen LogP contribution in [0.25, 0.3) is 49.9 Å². The van der Waals surface area contributed by atoms with E-state index < -0.39 is 0 Å². The van der Waals surface area contributed by atoms with Crippen molar-refractivity contribution in [1.29, 1.82) is 0 Å². The van der Waals surface area contributed by atoms with E-state index in [0.29, 0.717) is 0 Å². The Bertz CT molecular complexity index is 1440. The first-order chi connectivity index (χ1) is 13.9. The van der Waals surface area contributed by atoms with Crippen molar-refractivity contribution < 1.29 is 0 Å². The molecule has 2 aromatic heterocycles. The number of hydrogen-bond donors (Lipinski definition) is 1. The lowest BCUT2D eigenvalue weighted by molar-refractivity contribution is 1.18. The van der Waals surface area contributed by atoms with Gasteiger partial charge in [0, 0.05) is 22.0 Å². The summed E-state index contributed by atoms with van der Waals surface area (Å²) in [5.41, 5.74) is 6.62. The van der Waals surface area contributed by atoms with E-state index in [9.17, 15) is 0 Å². The smallest absolute Gasteiger partial charge is 0.138 e. The lowest BCUT2D eigenvalue weighted by atomic mass is 10.1. The molecule has 1 N–H and O–H groups in total. The second kappa shape index (κ2) is 5.83. The minimum atomic E-state index is 0.896. The van der Waals surface area contributed by atoms with Crippen LogP contribution in [0.2, 0.25) is 0 Å². The maximum atomic E-state index is 5.02. The number of rotatable bonds is 2. The van der Waals surface area contributed by atoms with Gasteiger partial charge in [-0.05, 0) is 30.3 Å². The van der Waals surface area contributed by atoms with Crippen molar-refractivity contribution in [2.24, 2.45) is 0 Å². The molecule has 0 saturated heterocycles. The summed E-state index contributed by atoms with van der Waals surface area (Å²) in [7, 11) is 0. The van der Waals surface area contributed by atoms with Crippen LogP contribution in [-0.4, -0.2) is 14.5 Å². The summed E-state index contributed by atoms with van der Waals surface area (Å²) in [5.74, 6) is 0.896. The van der Waals surface area contributed by atoms with E-state index >= 15 is 0 Å².